The highest BCUT2D eigenvalue weighted by atomic mass is 19.4. The molecule has 0 aliphatic carbocycles. The molecule has 0 aliphatic rings. The average Bonchev–Trinajstić information content (AvgIpc) is 1.82. The van der Waals surface area contributed by atoms with Crippen molar-refractivity contribution in [2.75, 3.05) is 5.73 Å². The summed E-state index contributed by atoms with van der Waals surface area (Å²) >= 11 is 0. The molecule has 0 aromatic carbocycles. The Morgan fingerprint density at radius 3 is 2.25 bits per heavy atom. The van der Waals surface area contributed by atoms with E-state index in [4.69, 9.17) is 5.73 Å². The second-order valence-corrected chi connectivity index (χ2v) is 2.06. The standard InChI is InChI=1S/C6H4F4N2/c7-5-4(6(8,9)10)3(11)1-2-12-5/h1-2H,(H2,11,12). The molecule has 2 nitrogen and oxygen atoms in total. The summed E-state index contributed by atoms with van der Waals surface area (Å²) in [5, 5.41) is 0. The lowest BCUT2D eigenvalue weighted by Gasteiger charge is -2.08. The molecule has 0 fully saturated rings. The van der Waals surface area contributed by atoms with Crippen LogP contribution in [0.25, 0.3) is 0 Å². The number of aromatic nitrogens is 1. The van der Waals surface area contributed by atoms with E-state index >= 15 is 0 Å². The maximum absolute atomic E-state index is 12.4. The predicted octanol–water partition coefficient (Wildman–Crippen LogP) is 1.82. The second kappa shape index (κ2) is 2.62. The van der Waals surface area contributed by atoms with E-state index in [1.807, 2.05) is 0 Å². The van der Waals surface area contributed by atoms with Crippen LogP contribution in [0, 0.1) is 5.95 Å². The molecule has 1 aromatic heterocycles. The maximum Gasteiger partial charge on any atom is 0.422 e. The van der Waals surface area contributed by atoms with Gasteiger partial charge < -0.3 is 5.73 Å². The molecule has 0 unspecified atom stereocenters. The Bertz CT molecular complexity index is 274. The first-order chi connectivity index (χ1) is 5.43. The Balaban J connectivity index is 3.31. The number of rotatable bonds is 0. The maximum atomic E-state index is 12.4. The molecule has 0 saturated heterocycles. The highest BCUT2D eigenvalue weighted by molar-refractivity contribution is 5.46. The number of alkyl halides is 3. The first-order valence-corrected chi connectivity index (χ1v) is 2.90. The molecule has 0 spiro atoms. The van der Waals surface area contributed by atoms with Gasteiger partial charge in [0.1, 0.15) is 5.56 Å². The Morgan fingerprint density at radius 1 is 1.33 bits per heavy atom. The average molecular weight is 180 g/mol. The van der Waals surface area contributed by atoms with Gasteiger partial charge in [0.05, 0.1) is 0 Å². The largest absolute Gasteiger partial charge is 0.422 e. The van der Waals surface area contributed by atoms with E-state index in [0.717, 1.165) is 12.3 Å². The van der Waals surface area contributed by atoms with Gasteiger partial charge in [0.15, 0.2) is 0 Å². The molecule has 2 N–H and O–H groups in total. The molecule has 1 rings (SSSR count). The molecule has 6 heteroatoms. The first kappa shape index (κ1) is 8.76. The lowest BCUT2D eigenvalue weighted by Crippen LogP contribution is -2.12. The zero-order chi connectivity index (χ0) is 9.35. The molecule has 0 saturated carbocycles. The first-order valence-electron chi connectivity index (χ1n) is 2.90. The molecular formula is C6H4F4N2. The van der Waals surface area contributed by atoms with Crippen LogP contribution in [0.2, 0.25) is 0 Å². The van der Waals surface area contributed by atoms with Gasteiger partial charge in [0.25, 0.3) is 0 Å². The van der Waals surface area contributed by atoms with Crippen LogP contribution in [0.5, 0.6) is 0 Å². The van der Waals surface area contributed by atoms with Crippen LogP contribution in [0.15, 0.2) is 12.3 Å². The van der Waals surface area contributed by atoms with Gasteiger partial charge in [-0.1, -0.05) is 0 Å². The fourth-order valence-corrected chi connectivity index (χ4v) is 0.731. The van der Waals surface area contributed by atoms with Crippen LogP contribution in [0.1, 0.15) is 5.56 Å². The molecule has 0 amide bonds. The third-order valence-electron chi connectivity index (χ3n) is 1.22. The Kier molecular flexibility index (Phi) is 1.91. The smallest absolute Gasteiger partial charge is 0.398 e. The summed E-state index contributed by atoms with van der Waals surface area (Å²) in [4.78, 5) is 2.84. The van der Waals surface area contributed by atoms with Gasteiger partial charge in [0, 0.05) is 11.9 Å². The fraction of sp³-hybridized carbons (Fsp3) is 0.167. The monoisotopic (exact) mass is 180 g/mol. The van der Waals surface area contributed by atoms with Crippen molar-refractivity contribution >= 4 is 5.69 Å². The summed E-state index contributed by atoms with van der Waals surface area (Å²) < 4.78 is 48.3. The van der Waals surface area contributed by atoms with Gasteiger partial charge in [0.2, 0.25) is 5.95 Å². The van der Waals surface area contributed by atoms with Crippen LogP contribution in [-0.2, 0) is 6.18 Å². The van der Waals surface area contributed by atoms with Crippen molar-refractivity contribution in [2.45, 2.75) is 6.18 Å². The SMILES string of the molecule is Nc1ccnc(F)c1C(F)(F)F. The van der Waals surface area contributed by atoms with Crippen LogP contribution in [-0.4, -0.2) is 4.98 Å². The van der Waals surface area contributed by atoms with Crippen LogP contribution in [0.4, 0.5) is 23.2 Å². The van der Waals surface area contributed by atoms with Crippen molar-refractivity contribution in [1.29, 1.82) is 0 Å². The topological polar surface area (TPSA) is 38.9 Å². The summed E-state index contributed by atoms with van der Waals surface area (Å²) in [6.07, 6.45) is -3.91. The van der Waals surface area contributed by atoms with E-state index < -0.39 is 23.4 Å². The summed E-state index contributed by atoms with van der Waals surface area (Å²) in [7, 11) is 0. The molecule has 0 radical (unpaired) electrons. The Hall–Kier alpha value is -1.33. The number of nitrogens with two attached hydrogens (primary N) is 1. The summed E-state index contributed by atoms with van der Waals surface area (Å²) in [6, 6.07) is 0.895. The molecule has 12 heavy (non-hydrogen) atoms. The third-order valence-corrected chi connectivity index (χ3v) is 1.22. The molecule has 0 aliphatic heterocycles. The van der Waals surface area contributed by atoms with Crippen molar-refractivity contribution in [2.24, 2.45) is 0 Å². The molecule has 0 bridgehead atoms. The van der Waals surface area contributed by atoms with Gasteiger partial charge in [-0.25, -0.2) is 4.98 Å². The van der Waals surface area contributed by atoms with E-state index in [0.29, 0.717) is 0 Å². The van der Waals surface area contributed by atoms with Gasteiger partial charge in [-0.15, -0.1) is 0 Å². The lowest BCUT2D eigenvalue weighted by molar-refractivity contribution is -0.139. The number of hydrogen-bond acceptors (Lipinski definition) is 2. The minimum atomic E-state index is -4.79. The third kappa shape index (κ3) is 1.46. The van der Waals surface area contributed by atoms with Gasteiger partial charge in [-0.2, -0.15) is 17.6 Å². The minimum Gasteiger partial charge on any atom is -0.398 e. The van der Waals surface area contributed by atoms with E-state index in [2.05, 4.69) is 4.98 Å². The highest BCUT2D eigenvalue weighted by Crippen LogP contribution is 2.34. The van der Waals surface area contributed by atoms with Crippen molar-refractivity contribution in [3.63, 3.8) is 0 Å². The number of hydrogen-bond donors (Lipinski definition) is 1. The van der Waals surface area contributed by atoms with Gasteiger partial charge in [-0.3, -0.25) is 0 Å². The molecule has 1 aromatic rings. The number of nitrogen functional groups attached to an aromatic ring is 1. The quantitative estimate of drug-likeness (QED) is 0.488. The minimum absolute atomic E-state index is 0.657. The zero-order valence-corrected chi connectivity index (χ0v) is 5.69. The molecule has 1 heterocycles. The van der Waals surface area contributed by atoms with E-state index in [-0.39, 0.29) is 0 Å². The van der Waals surface area contributed by atoms with E-state index in [1.54, 1.807) is 0 Å². The van der Waals surface area contributed by atoms with Crippen molar-refractivity contribution in [3.05, 3.63) is 23.8 Å². The number of anilines is 1. The van der Waals surface area contributed by atoms with Gasteiger partial charge >= 0.3 is 6.18 Å². The van der Waals surface area contributed by atoms with Crippen LogP contribution >= 0.6 is 0 Å². The molecule has 66 valence electrons. The number of halogens is 4. The van der Waals surface area contributed by atoms with Crippen LogP contribution < -0.4 is 5.73 Å². The summed E-state index contributed by atoms with van der Waals surface area (Å²) in [5.74, 6) is -1.59. The summed E-state index contributed by atoms with van der Waals surface area (Å²) in [6.45, 7) is 0. The van der Waals surface area contributed by atoms with Crippen molar-refractivity contribution in [3.8, 4) is 0 Å². The molecule has 0 atom stereocenters. The number of pyridine rings is 1. The fourth-order valence-electron chi connectivity index (χ4n) is 0.731. The lowest BCUT2D eigenvalue weighted by atomic mass is 10.2. The van der Waals surface area contributed by atoms with Crippen molar-refractivity contribution in [1.82, 2.24) is 4.98 Å². The van der Waals surface area contributed by atoms with E-state index in [1.165, 1.54) is 0 Å². The second-order valence-electron chi connectivity index (χ2n) is 2.06. The van der Waals surface area contributed by atoms with Crippen molar-refractivity contribution < 1.29 is 17.6 Å². The molecular weight excluding hydrogens is 176 g/mol. The Labute approximate surface area is 65.0 Å². The zero-order valence-electron chi connectivity index (χ0n) is 5.69. The predicted molar refractivity (Wildman–Crippen MR) is 33.6 cm³/mol. The van der Waals surface area contributed by atoms with Crippen LogP contribution in [0.3, 0.4) is 0 Å². The van der Waals surface area contributed by atoms with Gasteiger partial charge in [-0.05, 0) is 6.07 Å². The Morgan fingerprint density at radius 2 is 1.92 bits per heavy atom. The summed E-state index contributed by atoms with van der Waals surface area (Å²) in [5.41, 5.74) is 2.74. The van der Waals surface area contributed by atoms with E-state index in [9.17, 15) is 17.6 Å². The normalized spacial score (nSPS) is 11.7. The highest BCUT2D eigenvalue weighted by Gasteiger charge is 2.37. The number of nitrogens with zero attached hydrogens (tertiary/aromatic N) is 1.